The summed E-state index contributed by atoms with van der Waals surface area (Å²) in [4.78, 5) is 10.8. The lowest BCUT2D eigenvalue weighted by Crippen LogP contribution is -2.55. The van der Waals surface area contributed by atoms with Crippen molar-refractivity contribution >= 4 is 6.16 Å². The van der Waals surface area contributed by atoms with Crippen molar-refractivity contribution in [1.82, 2.24) is 0 Å². The zero-order chi connectivity index (χ0) is 9.31. The van der Waals surface area contributed by atoms with Gasteiger partial charge < -0.3 is 14.2 Å². The molecule has 0 amide bonds. The molecule has 0 aromatic carbocycles. The van der Waals surface area contributed by atoms with Crippen LogP contribution in [0.5, 0.6) is 0 Å². The maximum Gasteiger partial charge on any atom is 0.509 e. The summed E-state index contributed by atoms with van der Waals surface area (Å²) in [5.41, 5.74) is 5.33. The fourth-order valence-corrected chi connectivity index (χ4v) is 1.85. The molecular formula is C8H13NO4. The summed E-state index contributed by atoms with van der Waals surface area (Å²) in [6.45, 7) is 1.48. The van der Waals surface area contributed by atoms with Gasteiger partial charge in [-0.25, -0.2) is 4.79 Å². The van der Waals surface area contributed by atoms with E-state index in [4.69, 9.17) is 15.2 Å². The Labute approximate surface area is 76.1 Å². The van der Waals surface area contributed by atoms with Crippen LogP contribution in [0.3, 0.4) is 0 Å². The van der Waals surface area contributed by atoms with Gasteiger partial charge in [-0.05, 0) is 12.8 Å². The average Bonchev–Trinajstić information content (AvgIpc) is 1.92. The molecule has 1 aliphatic carbocycles. The van der Waals surface area contributed by atoms with Crippen molar-refractivity contribution in [3.05, 3.63) is 0 Å². The highest BCUT2D eigenvalue weighted by atomic mass is 16.7. The summed E-state index contributed by atoms with van der Waals surface area (Å²) in [5.74, 6) is 0. The number of carbonyl (C=O) groups excluding carboxylic acids is 1. The first-order chi connectivity index (χ1) is 6.24. The minimum absolute atomic E-state index is 0.00273. The summed E-state index contributed by atoms with van der Waals surface area (Å²) in [6.07, 6.45) is 1.13. The minimum Gasteiger partial charge on any atom is -0.431 e. The molecule has 2 aliphatic rings. The molecule has 1 heterocycles. The fourth-order valence-electron chi connectivity index (χ4n) is 1.85. The highest BCUT2D eigenvalue weighted by Crippen LogP contribution is 2.48. The molecule has 2 N–H and O–H groups in total. The number of rotatable bonds is 2. The number of hydrogen-bond donors (Lipinski definition) is 1. The van der Waals surface area contributed by atoms with E-state index in [1.54, 1.807) is 0 Å². The molecule has 0 unspecified atom stereocenters. The second-order valence-corrected chi connectivity index (χ2v) is 3.70. The third kappa shape index (κ3) is 1.62. The molecule has 0 bridgehead atoms. The van der Waals surface area contributed by atoms with E-state index in [1.165, 1.54) is 0 Å². The number of carbonyl (C=O) groups is 1. The van der Waals surface area contributed by atoms with Gasteiger partial charge in [-0.1, -0.05) is 0 Å². The Morgan fingerprint density at radius 2 is 2.23 bits per heavy atom. The smallest absolute Gasteiger partial charge is 0.431 e. The van der Waals surface area contributed by atoms with Gasteiger partial charge in [0.2, 0.25) is 0 Å². The van der Waals surface area contributed by atoms with Crippen LogP contribution in [0.1, 0.15) is 12.8 Å². The van der Waals surface area contributed by atoms with Gasteiger partial charge in [0.25, 0.3) is 0 Å². The van der Waals surface area contributed by atoms with Gasteiger partial charge >= 0.3 is 6.16 Å². The van der Waals surface area contributed by atoms with Crippen LogP contribution in [0.15, 0.2) is 0 Å². The molecule has 5 heteroatoms. The van der Waals surface area contributed by atoms with Crippen molar-refractivity contribution < 1.29 is 19.0 Å². The monoisotopic (exact) mass is 187 g/mol. The van der Waals surface area contributed by atoms with Crippen LogP contribution in [-0.2, 0) is 14.2 Å². The van der Waals surface area contributed by atoms with E-state index in [-0.39, 0.29) is 12.8 Å². The Balaban J connectivity index is 1.66. The Morgan fingerprint density at radius 3 is 2.69 bits per heavy atom. The van der Waals surface area contributed by atoms with Gasteiger partial charge in [0.05, 0.1) is 13.2 Å². The van der Waals surface area contributed by atoms with Crippen LogP contribution in [-0.4, -0.2) is 32.2 Å². The summed E-state index contributed by atoms with van der Waals surface area (Å²) in [5, 5.41) is 0. The zero-order valence-electron chi connectivity index (χ0n) is 7.32. The zero-order valence-corrected chi connectivity index (χ0v) is 7.32. The lowest BCUT2D eigenvalue weighted by molar-refractivity contribution is -0.200. The van der Waals surface area contributed by atoms with Crippen LogP contribution in [0, 0.1) is 5.41 Å². The van der Waals surface area contributed by atoms with Crippen molar-refractivity contribution in [2.75, 3.05) is 19.9 Å². The minimum atomic E-state index is -0.664. The van der Waals surface area contributed by atoms with Crippen LogP contribution in [0.4, 0.5) is 4.79 Å². The van der Waals surface area contributed by atoms with Gasteiger partial charge in [-0.3, -0.25) is 5.73 Å². The van der Waals surface area contributed by atoms with Crippen molar-refractivity contribution in [1.29, 1.82) is 0 Å². The first-order valence-corrected chi connectivity index (χ1v) is 4.35. The molecule has 1 saturated heterocycles. The second-order valence-electron chi connectivity index (χ2n) is 3.70. The number of hydrogen-bond acceptors (Lipinski definition) is 5. The highest BCUT2D eigenvalue weighted by Gasteiger charge is 2.51. The van der Waals surface area contributed by atoms with E-state index in [0.717, 1.165) is 26.1 Å². The highest BCUT2D eigenvalue weighted by molar-refractivity contribution is 5.60. The second kappa shape index (κ2) is 3.16. The number of ether oxygens (including phenoxy) is 3. The molecule has 1 spiro atoms. The summed E-state index contributed by atoms with van der Waals surface area (Å²) in [7, 11) is 0. The molecule has 0 radical (unpaired) electrons. The van der Waals surface area contributed by atoms with Crippen LogP contribution in [0.2, 0.25) is 0 Å². The summed E-state index contributed by atoms with van der Waals surface area (Å²) >= 11 is 0. The van der Waals surface area contributed by atoms with E-state index in [9.17, 15) is 4.79 Å². The fraction of sp³-hybridized carbons (Fsp3) is 0.875. The molecule has 1 aliphatic heterocycles. The average molecular weight is 187 g/mol. The van der Waals surface area contributed by atoms with Gasteiger partial charge in [-0.15, -0.1) is 0 Å². The van der Waals surface area contributed by atoms with Crippen molar-refractivity contribution in [2.45, 2.75) is 18.9 Å². The van der Waals surface area contributed by atoms with E-state index < -0.39 is 6.16 Å². The molecule has 0 aromatic rings. The third-order valence-electron chi connectivity index (χ3n) is 2.60. The standard InChI is InChI=1S/C8H13NO4/c9-5-12-7(10)13-6-1-8(2-6)3-11-4-8/h6H,1-5,9H2. The largest absolute Gasteiger partial charge is 0.509 e. The maximum atomic E-state index is 10.8. The van der Waals surface area contributed by atoms with E-state index in [1.807, 2.05) is 0 Å². The molecule has 5 nitrogen and oxygen atoms in total. The quantitative estimate of drug-likeness (QED) is 0.495. The lowest BCUT2D eigenvalue weighted by Gasteiger charge is -2.52. The summed E-state index contributed by atoms with van der Waals surface area (Å²) in [6, 6.07) is 0. The van der Waals surface area contributed by atoms with Gasteiger partial charge in [0, 0.05) is 5.41 Å². The third-order valence-corrected chi connectivity index (χ3v) is 2.60. The molecule has 2 fully saturated rings. The van der Waals surface area contributed by atoms with Crippen LogP contribution in [0.25, 0.3) is 0 Å². The van der Waals surface area contributed by atoms with Crippen molar-refractivity contribution in [2.24, 2.45) is 11.1 Å². The molecule has 2 rings (SSSR count). The van der Waals surface area contributed by atoms with Crippen molar-refractivity contribution in [3.8, 4) is 0 Å². The van der Waals surface area contributed by atoms with Crippen molar-refractivity contribution in [3.63, 3.8) is 0 Å². The van der Waals surface area contributed by atoms with E-state index >= 15 is 0 Å². The maximum absolute atomic E-state index is 10.8. The first kappa shape index (κ1) is 8.77. The van der Waals surface area contributed by atoms with Gasteiger partial charge in [0.15, 0.2) is 0 Å². The Bertz CT molecular complexity index is 206. The van der Waals surface area contributed by atoms with Gasteiger partial charge in [0.1, 0.15) is 12.8 Å². The SMILES string of the molecule is NCOC(=O)OC1CC2(COC2)C1. The number of nitrogens with two attached hydrogens (primary N) is 1. The van der Waals surface area contributed by atoms with E-state index in [0.29, 0.717) is 5.41 Å². The predicted octanol–water partition coefficient (Wildman–Crippen LogP) is 0.235. The predicted molar refractivity (Wildman–Crippen MR) is 42.9 cm³/mol. The summed E-state index contributed by atoms with van der Waals surface area (Å²) < 4.78 is 14.5. The molecule has 74 valence electrons. The van der Waals surface area contributed by atoms with E-state index in [2.05, 4.69) is 4.74 Å². The Hall–Kier alpha value is -0.810. The van der Waals surface area contributed by atoms with Crippen LogP contribution < -0.4 is 5.73 Å². The van der Waals surface area contributed by atoms with Crippen LogP contribution >= 0.6 is 0 Å². The lowest BCUT2D eigenvalue weighted by atomic mass is 9.65. The molecule has 0 aromatic heterocycles. The van der Waals surface area contributed by atoms with Gasteiger partial charge in [-0.2, -0.15) is 0 Å². The molecule has 13 heavy (non-hydrogen) atoms. The molecule has 0 atom stereocenters. The topological polar surface area (TPSA) is 70.8 Å². The normalized spacial score (nSPS) is 24.7. The Kier molecular flexibility index (Phi) is 2.13. The first-order valence-electron chi connectivity index (χ1n) is 4.35. The molecular weight excluding hydrogens is 174 g/mol. The molecule has 1 saturated carbocycles. The Morgan fingerprint density at radius 1 is 1.54 bits per heavy atom.